The van der Waals surface area contributed by atoms with E-state index in [0.29, 0.717) is 26.1 Å². The monoisotopic (exact) mass is 298 g/mol. The van der Waals surface area contributed by atoms with Gasteiger partial charge in [-0.05, 0) is 28.8 Å². The Morgan fingerprint density at radius 1 is 1.38 bits per heavy atom. The largest absolute Gasteiger partial charge is 0.434 e. The SMILES string of the molecule is FC(F)(F)c1cn(C2CCOCC2)c(Br)n1. The Kier molecular flexibility index (Phi) is 3.25. The molecule has 2 rings (SSSR count). The van der Waals surface area contributed by atoms with E-state index in [0.717, 1.165) is 6.20 Å². The number of ether oxygens (including phenoxy) is 1. The molecule has 1 aromatic rings. The van der Waals surface area contributed by atoms with Crippen LogP contribution >= 0.6 is 15.9 Å². The maximum atomic E-state index is 12.4. The second-order valence-corrected chi connectivity index (χ2v) is 4.35. The Bertz CT molecular complexity index is 371. The van der Waals surface area contributed by atoms with Crippen LogP contribution in [-0.2, 0) is 10.9 Å². The van der Waals surface area contributed by atoms with Gasteiger partial charge in [0.15, 0.2) is 10.4 Å². The zero-order valence-corrected chi connectivity index (χ0v) is 9.88. The Hall–Kier alpha value is -0.560. The van der Waals surface area contributed by atoms with Gasteiger partial charge in [-0.3, -0.25) is 0 Å². The van der Waals surface area contributed by atoms with E-state index in [1.54, 1.807) is 0 Å². The van der Waals surface area contributed by atoms with Crippen molar-refractivity contribution in [2.75, 3.05) is 13.2 Å². The lowest BCUT2D eigenvalue weighted by molar-refractivity contribution is -0.141. The van der Waals surface area contributed by atoms with Crippen LogP contribution in [0.25, 0.3) is 0 Å². The molecule has 3 nitrogen and oxygen atoms in total. The third-order valence-corrected chi connectivity index (χ3v) is 3.15. The molecule has 1 aliphatic rings. The summed E-state index contributed by atoms with van der Waals surface area (Å²) in [4.78, 5) is 3.47. The number of hydrogen-bond acceptors (Lipinski definition) is 2. The molecule has 1 saturated heterocycles. The minimum absolute atomic E-state index is 0.0340. The van der Waals surface area contributed by atoms with E-state index in [1.165, 1.54) is 4.57 Å². The van der Waals surface area contributed by atoms with Crippen LogP contribution in [0.2, 0.25) is 0 Å². The average molecular weight is 299 g/mol. The fourth-order valence-electron chi connectivity index (χ4n) is 1.73. The fraction of sp³-hybridized carbons (Fsp3) is 0.667. The van der Waals surface area contributed by atoms with Crippen LogP contribution < -0.4 is 0 Å². The van der Waals surface area contributed by atoms with Crippen LogP contribution in [-0.4, -0.2) is 22.8 Å². The summed E-state index contributed by atoms with van der Waals surface area (Å²) in [6.07, 6.45) is -1.91. The first kappa shape index (κ1) is 11.9. The summed E-state index contributed by atoms with van der Waals surface area (Å²) in [5.74, 6) is 0. The van der Waals surface area contributed by atoms with E-state index in [9.17, 15) is 13.2 Å². The van der Waals surface area contributed by atoms with Crippen LogP contribution in [0.5, 0.6) is 0 Å². The van der Waals surface area contributed by atoms with Crippen molar-refractivity contribution in [1.82, 2.24) is 9.55 Å². The minimum Gasteiger partial charge on any atom is -0.381 e. The average Bonchev–Trinajstić information content (AvgIpc) is 2.61. The smallest absolute Gasteiger partial charge is 0.381 e. The highest BCUT2D eigenvalue weighted by Gasteiger charge is 2.35. The molecular weight excluding hydrogens is 289 g/mol. The molecule has 0 atom stereocenters. The van der Waals surface area contributed by atoms with Gasteiger partial charge in [-0.25, -0.2) is 4.98 Å². The van der Waals surface area contributed by atoms with Crippen LogP contribution in [0.1, 0.15) is 24.6 Å². The van der Waals surface area contributed by atoms with Crippen LogP contribution in [0.4, 0.5) is 13.2 Å². The second-order valence-electron chi connectivity index (χ2n) is 3.64. The van der Waals surface area contributed by atoms with E-state index in [2.05, 4.69) is 20.9 Å². The van der Waals surface area contributed by atoms with Gasteiger partial charge in [-0.1, -0.05) is 0 Å². The number of nitrogens with zero attached hydrogens (tertiary/aromatic N) is 2. The summed E-state index contributed by atoms with van der Waals surface area (Å²) < 4.78 is 44.2. The molecule has 16 heavy (non-hydrogen) atoms. The molecule has 0 amide bonds. The molecule has 0 saturated carbocycles. The molecule has 7 heteroatoms. The Labute approximate surface area is 98.7 Å². The third kappa shape index (κ3) is 2.40. The highest BCUT2D eigenvalue weighted by molar-refractivity contribution is 9.10. The summed E-state index contributed by atoms with van der Waals surface area (Å²) in [7, 11) is 0. The maximum absolute atomic E-state index is 12.4. The lowest BCUT2D eigenvalue weighted by Crippen LogP contribution is -2.19. The molecule has 1 aromatic heterocycles. The van der Waals surface area contributed by atoms with Crippen molar-refractivity contribution >= 4 is 15.9 Å². The molecule has 0 unspecified atom stereocenters. The topological polar surface area (TPSA) is 27.1 Å². The Balaban J connectivity index is 2.24. The number of halogens is 4. The van der Waals surface area contributed by atoms with Crippen molar-refractivity contribution in [2.45, 2.75) is 25.1 Å². The number of aromatic nitrogens is 2. The van der Waals surface area contributed by atoms with Gasteiger partial charge in [-0.15, -0.1) is 0 Å². The molecule has 1 fully saturated rings. The summed E-state index contributed by atoms with van der Waals surface area (Å²) in [6, 6.07) is 0.0340. The molecule has 0 bridgehead atoms. The Morgan fingerprint density at radius 3 is 2.50 bits per heavy atom. The van der Waals surface area contributed by atoms with Crippen LogP contribution in [0.3, 0.4) is 0 Å². The summed E-state index contributed by atoms with van der Waals surface area (Å²) in [5.41, 5.74) is -0.856. The van der Waals surface area contributed by atoms with E-state index < -0.39 is 11.9 Å². The van der Waals surface area contributed by atoms with Gasteiger partial charge >= 0.3 is 6.18 Å². The normalized spacial score (nSPS) is 19.0. The third-order valence-electron chi connectivity index (χ3n) is 2.56. The molecule has 0 spiro atoms. The van der Waals surface area contributed by atoms with Crippen molar-refractivity contribution in [3.05, 3.63) is 16.6 Å². The van der Waals surface area contributed by atoms with Crippen LogP contribution in [0, 0.1) is 0 Å². The summed E-state index contributed by atoms with van der Waals surface area (Å²) in [5, 5.41) is 0. The fourth-order valence-corrected chi connectivity index (χ4v) is 2.31. The number of alkyl halides is 3. The lowest BCUT2D eigenvalue weighted by Gasteiger charge is -2.23. The molecular formula is C9H10BrF3N2O. The van der Waals surface area contributed by atoms with Crippen molar-refractivity contribution in [2.24, 2.45) is 0 Å². The highest BCUT2D eigenvalue weighted by atomic mass is 79.9. The second kappa shape index (κ2) is 4.37. The van der Waals surface area contributed by atoms with Gasteiger partial charge in [0.2, 0.25) is 0 Å². The lowest BCUT2D eigenvalue weighted by atomic mass is 10.1. The minimum atomic E-state index is -4.39. The van der Waals surface area contributed by atoms with Crippen molar-refractivity contribution in [3.8, 4) is 0 Å². The highest BCUT2D eigenvalue weighted by Crippen LogP contribution is 2.32. The first-order valence-electron chi connectivity index (χ1n) is 4.88. The van der Waals surface area contributed by atoms with Gasteiger partial charge in [0.05, 0.1) is 0 Å². The summed E-state index contributed by atoms with van der Waals surface area (Å²) >= 11 is 3.06. The predicted octanol–water partition coefficient (Wildman–Crippen LogP) is 3.02. The predicted molar refractivity (Wildman–Crippen MR) is 54.0 cm³/mol. The van der Waals surface area contributed by atoms with Crippen molar-refractivity contribution in [3.63, 3.8) is 0 Å². The van der Waals surface area contributed by atoms with Gasteiger partial charge in [0.1, 0.15) is 0 Å². The molecule has 0 aliphatic carbocycles. The van der Waals surface area contributed by atoms with Gasteiger partial charge in [0.25, 0.3) is 0 Å². The van der Waals surface area contributed by atoms with E-state index >= 15 is 0 Å². The zero-order chi connectivity index (χ0) is 11.8. The number of rotatable bonds is 1. The molecule has 0 N–H and O–H groups in total. The quantitative estimate of drug-likeness (QED) is 0.797. The van der Waals surface area contributed by atoms with Gasteiger partial charge in [-0.2, -0.15) is 13.2 Å². The van der Waals surface area contributed by atoms with Crippen LogP contribution in [0.15, 0.2) is 10.9 Å². The molecule has 0 radical (unpaired) electrons. The van der Waals surface area contributed by atoms with Gasteiger partial charge in [0, 0.05) is 25.5 Å². The zero-order valence-electron chi connectivity index (χ0n) is 8.30. The standard InChI is InChI=1S/C9H10BrF3N2O/c10-8-14-7(9(11,12)13)5-15(8)6-1-3-16-4-2-6/h5-6H,1-4H2. The number of hydrogen-bond donors (Lipinski definition) is 0. The molecule has 90 valence electrons. The van der Waals surface area contributed by atoms with Crippen molar-refractivity contribution < 1.29 is 17.9 Å². The van der Waals surface area contributed by atoms with Crippen molar-refractivity contribution in [1.29, 1.82) is 0 Å². The van der Waals surface area contributed by atoms with E-state index in [-0.39, 0.29) is 10.8 Å². The first-order chi connectivity index (χ1) is 7.48. The number of imidazole rings is 1. The molecule has 1 aliphatic heterocycles. The van der Waals surface area contributed by atoms with E-state index in [4.69, 9.17) is 4.74 Å². The Morgan fingerprint density at radius 2 is 2.00 bits per heavy atom. The maximum Gasteiger partial charge on any atom is 0.434 e. The summed E-state index contributed by atoms with van der Waals surface area (Å²) in [6.45, 7) is 1.16. The van der Waals surface area contributed by atoms with E-state index in [1.807, 2.05) is 0 Å². The molecule has 2 heterocycles. The molecule has 0 aromatic carbocycles. The van der Waals surface area contributed by atoms with Gasteiger partial charge < -0.3 is 9.30 Å². The first-order valence-corrected chi connectivity index (χ1v) is 5.67.